The number of benzene rings is 1. The van der Waals surface area contributed by atoms with Crippen LogP contribution >= 0.6 is 0 Å². The molecule has 2 aromatic rings. The van der Waals surface area contributed by atoms with Crippen LogP contribution in [0, 0.1) is 0 Å². The SMILES string of the molecule is O=C(O)c1onc(C=Cc2ccccc2)c1C(=O)O. The number of rotatable bonds is 4. The monoisotopic (exact) mass is 259 g/mol. The van der Waals surface area contributed by atoms with E-state index in [0.717, 1.165) is 5.56 Å². The molecule has 0 fully saturated rings. The number of carbonyl (C=O) groups is 2. The molecule has 2 N–H and O–H groups in total. The van der Waals surface area contributed by atoms with Crippen LogP contribution in [0.1, 0.15) is 32.2 Å². The lowest BCUT2D eigenvalue weighted by Gasteiger charge is -1.92. The molecule has 0 bridgehead atoms. The van der Waals surface area contributed by atoms with Gasteiger partial charge in [-0.05, 0) is 11.6 Å². The molecule has 6 nitrogen and oxygen atoms in total. The van der Waals surface area contributed by atoms with Gasteiger partial charge < -0.3 is 14.7 Å². The summed E-state index contributed by atoms with van der Waals surface area (Å²) in [6, 6.07) is 9.12. The Balaban J connectivity index is 2.38. The van der Waals surface area contributed by atoms with Crippen molar-refractivity contribution >= 4 is 24.1 Å². The minimum absolute atomic E-state index is 0.0336. The van der Waals surface area contributed by atoms with Gasteiger partial charge >= 0.3 is 11.9 Å². The molecule has 0 unspecified atom stereocenters. The van der Waals surface area contributed by atoms with E-state index in [1.165, 1.54) is 6.08 Å². The molecule has 1 aromatic carbocycles. The van der Waals surface area contributed by atoms with Gasteiger partial charge in [-0.25, -0.2) is 9.59 Å². The van der Waals surface area contributed by atoms with E-state index in [1.807, 2.05) is 30.3 Å². The van der Waals surface area contributed by atoms with E-state index in [-0.39, 0.29) is 5.69 Å². The van der Waals surface area contributed by atoms with Crippen LogP contribution in [-0.2, 0) is 0 Å². The molecule has 0 saturated carbocycles. The molecule has 0 atom stereocenters. The van der Waals surface area contributed by atoms with Gasteiger partial charge in [-0.2, -0.15) is 0 Å². The summed E-state index contributed by atoms with van der Waals surface area (Å²) in [6.45, 7) is 0. The van der Waals surface area contributed by atoms with Crippen molar-refractivity contribution in [2.45, 2.75) is 0 Å². The van der Waals surface area contributed by atoms with Gasteiger partial charge in [-0.1, -0.05) is 41.6 Å². The lowest BCUT2D eigenvalue weighted by molar-refractivity contribution is 0.0619. The predicted octanol–water partition coefficient (Wildman–Crippen LogP) is 2.24. The van der Waals surface area contributed by atoms with Crippen LogP contribution in [0.5, 0.6) is 0 Å². The lowest BCUT2D eigenvalue weighted by Crippen LogP contribution is -2.05. The van der Waals surface area contributed by atoms with E-state index >= 15 is 0 Å². The topological polar surface area (TPSA) is 101 Å². The standard InChI is InChI=1S/C13H9NO5/c15-12(16)10-9(14-19-11(10)13(17)18)7-6-8-4-2-1-3-5-8/h1-7H,(H,15,16)(H,17,18). The largest absolute Gasteiger partial charge is 0.477 e. The number of aromatic carboxylic acids is 2. The molecular formula is C13H9NO5. The Morgan fingerprint density at radius 2 is 1.74 bits per heavy atom. The molecule has 19 heavy (non-hydrogen) atoms. The van der Waals surface area contributed by atoms with E-state index < -0.39 is 23.3 Å². The predicted molar refractivity (Wildman–Crippen MR) is 65.8 cm³/mol. The van der Waals surface area contributed by atoms with E-state index in [4.69, 9.17) is 10.2 Å². The van der Waals surface area contributed by atoms with Crippen LogP contribution in [0.15, 0.2) is 34.9 Å². The lowest BCUT2D eigenvalue weighted by atomic mass is 10.1. The summed E-state index contributed by atoms with van der Waals surface area (Å²) < 4.78 is 4.53. The molecular weight excluding hydrogens is 250 g/mol. The first kappa shape index (κ1) is 12.6. The minimum Gasteiger partial charge on any atom is -0.477 e. The van der Waals surface area contributed by atoms with Gasteiger partial charge in [-0.15, -0.1) is 0 Å². The summed E-state index contributed by atoms with van der Waals surface area (Å²) in [7, 11) is 0. The summed E-state index contributed by atoms with van der Waals surface area (Å²) in [6.07, 6.45) is 3.02. The summed E-state index contributed by atoms with van der Waals surface area (Å²) in [5.74, 6) is -3.55. The van der Waals surface area contributed by atoms with E-state index in [9.17, 15) is 9.59 Å². The number of nitrogens with zero attached hydrogens (tertiary/aromatic N) is 1. The maximum Gasteiger partial charge on any atom is 0.375 e. The molecule has 1 aromatic heterocycles. The van der Waals surface area contributed by atoms with Crippen LogP contribution in [0.25, 0.3) is 12.2 Å². The molecule has 0 aliphatic heterocycles. The smallest absolute Gasteiger partial charge is 0.375 e. The molecule has 0 aliphatic carbocycles. The van der Waals surface area contributed by atoms with Crippen molar-refractivity contribution in [3.8, 4) is 0 Å². The number of carboxylic acids is 2. The first-order chi connectivity index (χ1) is 9.09. The fraction of sp³-hybridized carbons (Fsp3) is 0. The molecule has 6 heteroatoms. The van der Waals surface area contributed by atoms with Crippen molar-refractivity contribution in [2.75, 3.05) is 0 Å². The number of hydrogen-bond acceptors (Lipinski definition) is 4. The third kappa shape index (κ3) is 2.68. The normalized spacial score (nSPS) is 10.7. The number of carboxylic acid groups (broad SMARTS) is 2. The second-order valence-corrected chi connectivity index (χ2v) is 3.63. The van der Waals surface area contributed by atoms with Gasteiger partial charge in [0.15, 0.2) is 0 Å². The van der Waals surface area contributed by atoms with E-state index in [2.05, 4.69) is 9.68 Å². The Kier molecular flexibility index (Phi) is 3.42. The van der Waals surface area contributed by atoms with Gasteiger partial charge in [0.2, 0.25) is 0 Å². The summed E-state index contributed by atoms with van der Waals surface area (Å²) in [4.78, 5) is 21.8. The van der Waals surface area contributed by atoms with Crippen LogP contribution in [0.3, 0.4) is 0 Å². The summed E-state index contributed by atoms with van der Waals surface area (Å²) in [5, 5.41) is 21.2. The summed E-state index contributed by atoms with van der Waals surface area (Å²) in [5.41, 5.74) is 0.340. The number of hydrogen-bond donors (Lipinski definition) is 2. The molecule has 0 spiro atoms. The highest BCUT2D eigenvalue weighted by Gasteiger charge is 2.25. The molecule has 0 saturated heterocycles. The zero-order chi connectivity index (χ0) is 13.8. The van der Waals surface area contributed by atoms with Crippen LogP contribution in [0.4, 0.5) is 0 Å². The van der Waals surface area contributed by atoms with Crippen molar-refractivity contribution in [3.05, 3.63) is 52.9 Å². The van der Waals surface area contributed by atoms with Crippen molar-refractivity contribution < 1.29 is 24.3 Å². The first-order valence-corrected chi connectivity index (χ1v) is 5.29. The second-order valence-electron chi connectivity index (χ2n) is 3.63. The minimum atomic E-state index is -1.47. The van der Waals surface area contributed by atoms with E-state index in [1.54, 1.807) is 6.08 Å². The number of aromatic nitrogens is 1. The van der Waals surface area contributed by atoms with E-state index in [0.29, 0.717) is 0 Å². The van der Waals surface area contributed by atoms with Crippen LogP contribution in [0.2, 0.25) is 0 Å². The third-order valence-electron chi connectivity index (χ3n) is 2.36. The van der Waals surface area contributed by atoms with Crippen molar-refractivity contribution in [1.29, 1.82) is 0 Å². The van der Waals surface area contributed by atoms with Gasteiger partial charge in [0.25, 0.3) is 5.76 Å². The maximum absolute atomic E-state index is 11.0. The zero-order valence-corrected chi connectivity index (χ0v) is 9.61. The Bertz CT molecular complexity index is 642. The van der Waals surface area contributed by atoms with Gasteiger partial charge in [0.1, 0.15) is 11.3 Å². The fourth-order valence-corrected chi connectivity index (χ4v) is 1.51. The second kappa shape index (κ2) is 5.18. The van der Waals surface area contributed by atoms with Gasteiger partial charge in [0, 0.05) is 0 Å². The third-order valence-corrected chi connectivity index (χ3v) is 2.36. The quantitative estimate of drug-likeness (QED) is 0.873. The maximum atomic E-state index is 11.0. The van der Waals surface area contributed by atoms with Crippen molar-refractivity contribution in [1.82, 2.24) is 5.16 Å². The summed E-state index contributed by atoms with van der Waals surface area (Å²) >= 11 is 0. The first-order valence-electron chi connectivity index (χ1n) is 5.29. The highest BCUT2D eigenvalue weighted by atomic mass is 16.5. The Labute approximate surface area is 107 Å². The molecule has 2 rings (SSSR count). The van der Waals surface area contributed by atoms with Gasteiger partial charge in [0.05, 0.1) is 0 Å². The highest BCUT2D eigenvalue weighted by molar-refractivity contribution is 6.02. The highest BCUT2D eigenvalue weighted by Crippen LogP contribution is 2.17. The van der Waals surface area contributed by atoms with Crippen LogP contribution < -0.4 is 0 Å². The van der Waals surface area contributed by atoms with Crippen LogP contribution in [-0.4, -0.2) is 27.3 Å². The molecule has 0 radical (unpaired) electrons. The Hall–Kier alpha value is -2.89. The van der Waals surface area contributed by atoms with Gasteiger partial charge in [-0.3, -0.25) is 0 Å². The Morgan fingerprint density at radius 3 is 2.32 bits per heavy atom. The van der Waals surface area contributed by atoms with Crippen molar-refractivity contribution in [3.63, 3.8) is 0 Å². The average molecular weight is 259 g/mol. The molecule has 0 amide bonds. The fourth-order valence-electron chi connectivity index (χ4n) is 1.51. The average Bonchev–Trinajstić information content (AvgIpc) is 2.81. The zero-order valence-electron chi connectivity index (χ0n) is 9.61. The van der Waals surface area contributed by atoms with Crippen molar-refractivity contribution in [2.24, 2.45) is 0 Å². The molecule has 1 heterocycles. The Morgan fingerprint density at radius 1 is 1.05 bits per heavy atom. The molecule has 0 aliphatic rings. The molecule has 96 valence electrons.